The summed E-state index contributed by atoms with van der Waals surface area (Å²) in [7, 11) is 0. The third-order valence-electron chi connectivity index (χ3n) is 7.55. The molecule has 6 amide bonds. The number of ether oxygens (including phenoxy) is 1. The number of hydrogen-bond acceptors (Lipinski definition) is 13. The Morgan fingerprint density at radius 3 is 1.80 bits per heavy atom. The number of carbonyl (C=O) groups is 7. The van der Waals surface area contributed by atoms with Crippen LogP contribution in [0.15, 0.2) is 23.3 Å². The molecule has 8 N–H and O–H groups in total. The summed E-state index contributed by atoms with van der Waals surface area (Å²) >= 11 is 0. The van der Waals surface area contributed by atoms with Gasteiger partial charge in [0.1, 0.15) is 18.1 Å². The van der Waals surface area contributed by atoms with Crippen LogP contribution in [0.3, 0.4) is 0 Å². The number of amides is 6. The zero-order chi connectivity index (χ0) is 38.0. The number of hydrogen-bond donors (Lipinski definition) is 8. The SMILES string of the molecule is CC(=O)NC(CCCN(O)C(C)=O)C(=O)OCC/C(C)=C/C(=O)N(O)CCCC1NC(=O)C(CCCN(O)C(=O)/C=C(\C)C(O)CO)NC1=O. The fraction of sp³-hybridized carbons (Fsp3) is 0.645. The van der Waals surface area contributed by atoms with E-state index in [4.69, 9.17) is 9.84 Å². The van der Waals surface area contributed by atoms with Gasteiger partial charge in [0.25, 0.3) is 11.8 Å². The summed E-state index contributed by atoms with van der Waals surface area (Å²) < 4.78 is 5.21. The molecule has 1 saturated heterocycles. The van der Waals surface area contributed by atoms with Gasteiger partial charge in [0.2, 0.25) is 23.6 Å². The minimum absolute atomic E-state index is 0.0411. The number of nitrogens with one attached hydrogen (secondary N) is 3. The summed E-state index contributed by atoms with van der Waals surface area (Å²) in [5.41, 5.74) is 0.631. The van der Waals surface area contributed by atoms with Crippen molar-refractivity contribution in [3.05, 3.63) is 23.3 Å². The van der Waals surface area contributed by atoms with Crippen molar-refractivity contribution >= 4 is 41.4 Å². The van der Waals surface area contributed by atoms with Gasteiger partial charge in [-0.25, -0.2) is 20.0 Å². The first-order chi connectivity index (χ1) is 23.5. The van der Waals surface area contributed by atoms with Crippen molar-refractivity contribution in [2.75, 3.05) is 32.8 Å². The minimum Gasteiger partial charge on any atom is -0.464 e. The molecule has 50 heavy (non-hydrogen) atoms. The van der Waals surface area contributed by atoms with Gasteiger partial charge < -0.3 is 30.9 Å². The fourth-order valence-electron chi connectivity index (χ4n) is 4.57. The number of hydroxylamine groups is 6. The van der Waals surface area contributed by atoms with Crippen molar-refractivity contribution in [1.29, 1.82) is 0 Å². The molecule has 4 unspecified atom stereocenters. The zero-order valence-corrected chi connectivity index (χ0v) is 28.8. The summed E-state index contributed by atoms with van der Waals surface area (Å²) in [5.74, 6) is -4.30. The van der Waals surface area contributed by atoms with Gasteiger partial charge >= 0.3 is 5.97 Å². The Kier molecular flexibility index (Phi) is 19.5. The number of rotatable bonds is 21. The molecule has 1 heterocycles. The second-order valence-electron chi connectivity index (χ2n) is 11.9. The number of esters is 1. The Morgan fingerprint density at radius 2 is 1.32 bits per heavy atom. The Hall–Kier alpha value is -4.43. The van der Waals surface area contributed by atoms with Crippen molar-refractivity contribution in [2.45, 2.75) is 96.9 Å². The number of aliphatic hydroxyl groups is 2. The number of piperazine rings is 1. The van der Waals surface area contributed by atoms with Crippen molar-refractivity contribution < 1.29 is 64.1 Å². The van der Waals surface area contributed by atoms with Crippen LogP contribution in [0.1, 0.15) is 72.6 Å². The van der Waals surface area contributed by atoms with Gasteiger partial charge in [-0.15, -0.1) is 0 Å². The summed E-state index contributed by atoms with van der Waals surface area (Å²) in [6, 6.07) is -2.81. The van der Waals surface area contributed by atoms with E-state index >= 15 is 0 Å². The lowest BCUT2D eigenvalue weighted by molar-refractivity contribution is -0.163. The molecule has 1 fully saturated rings. The molecule has 1 aliphatic heterocycles. The first kappa shape index (κ1) is 43.6. The predicted molar refractivity (Wildman–Crippen MR) is 172 cm³/mol. The van der Waals surface area contributed by atoms with Gasteiger partial charge in [-0.2, -0.15) is 0 Å². The van der Waals surface area contributed by atoms with Gasteiger partial charge in [-0.05, 0) is 57.9 Å². The van der Waals surface area contributed by atoms with E-state index in [1.54, 1.807) is 6.92 Å². The van der Waals surface area contributed by atoms with Crippen LogP contribution in [-0.2, 0) is 38.3 Å². The molecular formula is C31H50N6O13. The number of aliphatic hydroxyl groups excluding tert-OH is 2. The lowest BCUT2D eigenvalue weighted by Gasteiger charge is -2.30. The van der Waals surface area contributed by atoms with E-state index in [1.807, 2.05) is 0 Å². The molecule has 4 atom stereocenters. The molecule has 0 aliphatic carbocycles. The third kappa shape index (κ3) is 16.3. The van der Waals surface area contributed by atoms with Crippen LogP contribution >= 0.6 is 0 Å². The second kappa shape index (κ2) is 22.3. The highest BCUT2D eigenvalue weighted by Crippen LogP contribution is 2.11. The molecular weight excluding hydrogens is 664 g/mol. The summed E-state index contributed by atoms with van der Waals surface area (Å²) in [6.07, 6.45) is 1.87. The van der Waals surface area contributed by atoms with Gasteiger partial charge in [0.05, 0.1) is 19.3 Å². The Morgan fingerprint density at radius 1 is 0.820 bits per heavy atom. The van der Waals surface area contributed by atoms with Crippen molar-refractivity contribution in [3.8, 4) is 0 Å². The van der Waals surface area contributed by atoms with E-state index in [0.29, 0.717) is 20.8 Å². The van der Waals surface area contributed by atoms with Crippen LogP contribution in [-0.4, -0.2) is 140 Å². The van der Waals surface area contributed by atoms with E-state index in [-0.39, 0.29) is 76.8 Å². The highest BCUT2D eigenvalue weighted by Gasteiger charge is 2.33. The zero-order valence-electron chi connectivity index (χ0n) is 28.8. The van der Waals surface area contributed by atoms with E-state index in [2.05, 4.69) is 16.0 Å². The Labute approximate surface area is 289 Å². The molecule has 0 aromatic carbocycles. The van der Waals surface area contributed by atoms with Crippen LogP contribution in [0.2, 0.25) is 0 Å². The molecule has 19 nitrogen and oxygen atoms in total. The topological polar surface area (TPSA) is 276 Å². The van der Waals surface area contributed by atoms with Crippen molar-refractivity contribution in [1.82, 2.24) is 31.1 Å². The predicted octanol–water partition coefficient (Wildman–Crippen LogP) is -1.33. The first-order valence-corrected chi connectivity index (χ1v) is 16.1. The summed E-state index contributed by atoms with van der Waals surface area (Å²) in [5, 5.41) is 56.9. The van der Waals surface area contributed by atoms with Gasteiger partial charge in [-0.1, -0.05) is 5.57 Å². The Bertz CT molecular complexity index is 1270. The fourth-order valence-corrected chi connectivity index (χ4v) is 4.57. The molecule has 282 valence electrons. The number of carbonyl (C=O) groups excluding carboxylic acids is 7. The minimum atomic E-state index is -1.24. The quantitative estimate of drug-likeness (QED) is 0.0297. The smallest absolute Gasteiger partial charge is 0.328 e. The Balaban J connectivity index is 2.45. The van der Waals surface area contributed by atoms with Crippen LogP contribution in [0.4, 0.5) is 0 Å². The monoisotopic (exact) mass is 714 g/mol. The molecule has 19 heteroatoms. The average molecular weight is 715 g/mol. The summed E-state index contributed by atoms with van der Waals surface area (Å²) in [6.45, 7) is 4.33. The van der Waals surface area contributed by atoms with Crippen molar-refractivity contribution in [3.63, 3.8) is 0 Å². The molecule has 0 spiro atoms. The molecule has 0 radical (unpaired) electrons. The van der Waals surface area contributed by atoms with Crippen LogP contribution < -0.4 is 16.0 Å². The maximum absolute atomic E-state index is 12.5. The maximum Gasteiger partial charge on any atom is 0.328 e. The lowest BCUT2D eigenvalue weighted by Crippen LogP contribution is -2.61. The van der Waals surface area contributed by atoms with Crippen LogP contribution in [0.5, 0.6) is 0 Å². The highest BCUT2D eigenvalue weighted by atomic mass is 16.5. The van der Waals surface area contributed by atoms with Gasteiger partial charge in [-0.3, -0.25) is 44.4 Å². The first-order valence-electron chi connectivity index (χ1n) is 16.1. The van der Waals surface area contributed by atoms with Gasteiger partial charge in [0, 0.05) is 52.1 Å². The third-order valence-corrected chi connectivity index (χ3v) is 7.55. The van der Waals surface area contributed by atoms with E-state index in [9.17, 15) is 54.3 Å². The van der Waals surface area contributed by atoms with E-state index in [0.717, 1.165) is 12.2 Å². The second-order valence-corrected chi connectivity index (χ2v) is 11.9. The molecule has 0 bridgehead atoms. The van der Waals surface area contributed by atoms with Crippen LogP contribution in [0, 0.1) is 0 Å². The largest absolute Gasteiger partial charge is 0.464 e. The molecule has 0 aromatic rings. The van der Waals surface area contributed by atoms with Gasteiger partial charge in [0.15, 0.2) is 0 Å². The van der Waals surface area contributed by atoms with E-state index in [1.165, 1.54) is 20.8 Å². The van der Waals surface area contributed by atoms with Crippen LogP contribution in [0.25, 0.3) is 0 Å². The highest BCUT2D eigenvalue weighted by molar-refractivity contribution is 5.97. The van der Waals surface area contributed by atoms with Crippen molar-refractivity contribution in [2.24, 2.45) is 0 Å². The molecule has 0 saturated carbocycles. The molecule has 1 rings (SSSR count). The average Bonchev–Trinajstić information content (AvgIpc) is 3.04. The maximum atomic E-state index is 12.5. The standard InChI is InChI=1S/C31H50N6O13/c1-19(11-15-50-31(46)25(32-21(3)39)10-7-12-35(47)22(4)40)16-27(42)36(48)13-5-8-23-29(44)34-24(30(45)33-23)9-6-14-37(49)28(43)17-20(2)26(41)18-38/h16-17,23-26,38,41,47-49H,5-15,18H2,1-4H3,(H,32,39)(H,33,45)(H,34,44)/b19-16+,20-17+. The number of nitrogens with zero attached hydrogens (tertiary/aromatic N) is 3. The van der Waals surface area contributed by atoms with E-state index < -0.39 is 72.2 Å². The lowest BCUT2D eigenvalue weighted by atomic mass is 10.0. The molecule has 0 aromatic heterocycles. The molecule has 1 aliphatic rings. The summed E-state index contributed by atoms with van der Waals surface area (Å²) in [4.78, 5) is 84.5. The normalized spacial score (nSPS) is 17.5.